The molecule has 0 saturated heterocycles. The van der Waals surface area contributed by atoms with Gasteiger partial charge in [-0.25, -0.2) is 0 Å². The fraction of sp³-hybridized carbons (Fsp3) is 0.0769. The van der Waals surface area contributed by atoms with Gasteiger partial charge in [0.15, 0.2) is 0 Å². The normalized spacial score (nSPS) is 10.9. The van der Waals surface area contributed by atoms with Gasteiger partial charge in [-0.1, -0.05) is 36.4 Å². The molecule has 4 nitrogen and oxygen atoms in total. The van der Waals surface area contributed by atoms with Crippen molar-refractivity contribution in [1.29, 1.82) is 0 Å². The Labute approximate surface area is 99.0 Å². The fourth-order valence-corrected chi connectivity index (χ4v) is 1.63. The summed E-state index contributed by atoms with van der Waals surface area (Å²) in [7, 11) is 1.79. The topological polar surface area (TPSA) is 48.1 Å². The van der Waals surface area contributed by atoms with E-state index in [1.54, 1.807) is 23.9 Å². The molecule has 0 N–H and O–H groups in total. The van der Waals surface area contributed by atoms with Gasteiger partial charge in [0.05, 0.1) is 4.92 Å². The van der Waals surface area contributed by atoms with Crippen LogP contribution in [0.4, 0.5) is 5.69 Å². The van der Waals surface area contributed by atoms with Gasteiger partial charge in [0, 0.05) is 19.3 Å². The summed E-state index contributed by atoms with van der Waals surface area (Å²) in [5.74, 6) is 0. The number of benzene rings is 1. The summed E-state index contributed by atoms with van der Waals surface area (Å²) in [4.78, 5) is 10.4. The van der Waals surface area contributed by atoms with E-state index < -0.39 is 0 Å². The van der Waals surface area contributed by atoms with Crippen LogP contribution < -0.4 is 0 Å². The number of aryl methyl sites for hydroxylation is 1. The summed E-state index contributed by atoms with van der Waals surface area (Å²) in [6.45, 7) is 0. The number of nitro groups is 1. The minimum Gasteiger partial charge on any atom is -0.345 e. The van der Waals surface area contributed by atoms with Gasteiger partial charge in [-0.05, 0) is 11.6 Å². The Morgan fingerprint density at radius 1 is 1.18 bits per heavy atom. The predicted octanol–water partition coefficient (Wildman–Crippen LogP) is 3.10. The van der Waals surface area contributed by atoms with E-state index in [0.717, 1.165) is 5.56 Å². The maximum atomic E-state index is 10.8. The van der Waals surface area contributed by atoms with Crippen LogP contribution in [0.25, 0.3) is 12.2 Å². The minimum absolute atomic E-state index is 0.125. The van der Waals surface area contributed by atoms with Crippen molar-refractivity contribution in [2.45, 2.75) is 0 Å². The molecule has 0 saturated carbocycles. The van der Waals surface area contributed by atoms with Crippen LogP contribution in [-0.2, 0) is 7.05 Å². The van der Waals surface area contributed by atoms with Crippen molar-refractivity contribution >= 4 is 17.8 Å². The van der Waals surface area contributed by atoms with Gasteiger partial charge in [-0.2, -0.15) is 0 Å². The predicted molar refractivity (Wildman–Crippen MR) is 67.4 cm³/mol. The Kier molecular flexibility index (Phi) is 3.05. The number of rotatable bonds is 3. The van der Waals surface area contributed by atoms with Crippen molar-refractivity contribution < 1.29 is 4.92 Å². The molecule has 0 bridgehead atoms. The monoisotopic (exact) mass is 228 g/mol. The average molecular weight is 228 g/mol. The molecule has 0 atom stereocenters. The largest absolute Gasteiger partial charge is 0.345 e. The molecule has 1 heterocycles. The lowest BCUT2D eigenvalue weighted by Crippen LogP contribution is -1.93. The third kappa shape index (κ3) is 2.42. The van der Waals surface area contributed by atoms with E-state index in [-0.39, 0.29) is 10.6 Å². The second-order valence-corrected chi connectivity index (χ2v) is 3.70. The van der Waals surface area contributed by atoms with Crippen LogP contribution in [0.15, 0.2) is 42.6 Å². The van der Waals surface area contributed by atoms with E-state index in [2.05, 4.69) is 0 Å². The van der Waals surface area contributed by atoms with Gasteiger partial charge in [0.1, 0.15) is 5.69 Å². The van der Waals surface area contributed by atoms with Crippen molar-refractivity contribution in [3.8, 4) is 0 Å². The molecule has 17 heavy (non-hydrogen) atoms. The Morgan fingerprint density at radius 2 is 1.88 bits per heavy atom. The molecule has 2 aromatic rings. The molecule has 2 rings (SSSR count). The highest BCUT2D eigenvalue weighted by Gasteiger charge is 2.14. The first-order chi connectivity index (χ1) is 8.18. The summed E-state index contributed by atoms with van der Waals surface area (Å²) in [6, 6.07) is 11.2. The van der Waals surface area contributed by atoms with Crippen LogP contribution in [0.2, 0.25) is 0 Å². The first-order valence-electron chi connectivity index (χ1n) is 5.21. The molecule has 0 unspecified atom stereocenters. The Bertz CT molecular complexity index is 556. The van der Waals surface area contributed by atoms with Crippen LogP contribution in [0, 0.1) is 10.1 Å². The van der Waals surface area contributed by atoms with Crippen molar-refractivity contribution in [3.63, 3.8) is 0 Å². The third-order valence-corrected chi connectivity index (χ3v) is 2.53. The van der Waals surface area contributed by atoms with Crippen LogP contribution in [0.1, 0.15) is 11.3 Å². The first-order valence-corrected chi connectivity index (χ1v) is 5.21. The summed E-state index contributed by atoms with van der Waals surface area (Å²) in [6.07, 6.45) is 5.30. The number of nitrogens with zero attached hydrogens (tertiary/aromatic N) is 2. The molecule has 1 aromatic carbocycles. The van der Waals surface area contributed by atoms with Gasteiger partial charge >= 0.3 is 0 Å². The van der Waals surface area contributed by atoms with E-state index >= 15 is 0 Å². The fourth-order valence-electron chi connectivity index (χ4n) is 1.63. The van der Waals surface area contributed by atoms with Crippen LogP contribution in [0.5, 0.6) is 0 Å². The Balaban J connectivity index is 2.33. The third-order valence-electron chi connectivity index (χ3n) is 2.53. The smallest absolute Gasteiger partial charge is 0.294 e. The molecule has 4 heteroatoms. The molecule has 1 aromatic heterocycles. The molecule has 0 fully saturated rings. The van der Waals surface area contributed by atoms with Gasteiger partial charge in [-0.3, -0.25) is 10.1 Å². The number of hydrogen-bond donors (Lipinski definition) is 0. The molecular weight excluding hydrogens is 216 g/mol. The highest BCUT2D eigenvalue weighted by atomic mass is 16.6. The molecule has 86 valence electrons. The zero-order valence-electron chi connectivity index (χ0n) is 9.41. The minimum atomic E-state index is -0.370. The standard InChI is InChI=1S/C13H12N2O2/c1-14-10-9-13(15(16)17)12(14)8-7-11-5-3-2-4-6-11/h2-10H,1H3/b8-7+. The lowest BCUT2D eigenvalue weighted by atomic mass is 10.2. The Morgan fingerprint density at radius 3 is 2.53 bits per heavy atom. The second kappa shape index (κ2) is 4.65. The summed E-state index contributed by atoms with van der Waals surface area (Å²) in [5.41, 5.74) is 1.74. The number of aromatic nitrogens is 1. The summed E-state index contributed by atoms with van der Waals surface area (Å²) < 4.78 is 1.73. The van der Waals surface area contributed by atoms with Crippen LogP contribution in [0.3, 0.4) is 0 Å². The highest BCUT2D eigenvalue weighted by molar-refractivity contribution is 5.72. The SMILES string of the molecule is Cn1ccc([N+](=O)[O-])c1/C=C/c1ccccc1. The van der Waals surface area contributed by atoms with Crippen molar-refractivity contribution in [1.82, 2.24) is 4.57 Å². The lowest BCUT2D eigenvalue weighted by molar-refractivity contribution is -0.385. The number of hydrogen-bond acceptors (Lipinski definition) is 2. The van der Waals surface area contributed by atoms with Crippen molar-refractivity contribution in [2.75, 3.05) is 0 Å². The molecule has 0 amide bonds. The zero-order valence-corrected chi connectivity index (χ0v) is 9.41. The van der Waals surface area contributed by atoms with Crippen LogP contribution >= 0.6 is 0 Å². The van der Waals surface area contributed by atoms with E-state index in [1.165, 1.54) is 6.07 Å². The van der Waals surface area contributed by atoms with E-state index in [1.807, 2.05) is 36.4 Å². The molecule has 0 aliphatic carbocycles. The first kappa shape index (κ1) is 11.1. The maximum absolute atomic E-state index is 10.8. The summed E-state index contributed by atoms with van der Waals surface area (Å²) >= 11 is 0. The van der Waals surface area contributed by atoms with Crippen LogP contribution in [-0.4, -0.2) is 9.49 Å². The van der Waals surface area contributed by atoms with Gasteiger partial charge in [0.2, 0.25) is 0 Å². The van der Waals surface area contributed by atoms with E-state index in [4.69, 9.17) is 0 Å². The summed E-state index contributed by atoms with van der Waals surface area (Å²) in [5, 5.41) is 10.8. The quantitative estimate of drug-likeness (QED) is 0.598. The van der Waals surface area contributed by atoms with Gasteiger partial charge in [-0.15, -0.1) is 0 Å². The van der Waals surface area contributed by atoms with Gasteiger partial charge in [0.25, 0.3) is 5.69 Å². The second-order valence-electron chi connectivity index (χ2n) is 3.70. The lowest BCUT2D eigenvalue weighted by Gasteiger charge is -1.96. The molecule has 0 aliphatic rings. The van der Waals surface area contributed by atoms with E-state index in [9.17, 15) is 10.1 Å². The molecule has 0 radical (unpaired) electrons. The Hall–Kier alpha value is -2.36. The maximum Gasteiger partial charge on any atom is 0.294 e. The van der Waals surface area contributed by atoms with Gasteiger partial charge < -0.3 is 4.57 Å². The molecular formula is C13H12N2O2. The zero-order chi connectivity index (χ0) is 12.3. The molecule has 0 aliphatic heterocycles. The van der Waals surface area contributed by atoms with Crippen molar-refractivity contribution in [2.24, 2.45) is 7.05 Å². The molecule has 0 spiro atoms. The highest BCUT2D eigenvalue weighted by Crippen LogP contribution is 2.21. The van der Waals surface area contributed by atoms with E-state index in [0.29, 0.717) is 5.69 Å². The van der Waals surface area contributed by atoms with Crippen molar-refractivity contribution in [3.05, 3.63) is 64.0 Å². The average Bonchev–Trinajstić information content (AvgIpc) is 2.69.